The van der Waals surface area contributed by atoms with Gasteiger partial charge >= 0.3 is 5.97 Å². The third-order valence-corrected chi connectivity index (χ3v) is 3.03. The smallest absolute Gasteiger partial charge is 0.339 e. The molecular formula is C16H16FNO3. The molecule has 4 nitrogen and oxygen atoms in total. The highest BCUT2D eigenvalue weighted by atomic mass is 19.1. The highest BCUT2D eigenvalue weighted by molar-refractivity contribution is 5.91. The van der Waals surface area contributed by atoms with E-state index in [9.17, 15) is 9.18 Å². The molecule has 1 heterocycles. The first-order valence-corrected chi connectivity index (χ1v) is 6.56. The predicted octanol–water partition coefficient (Wildman–Crippen LogP) is 3.38. The monoisotopic (exact) mass is 289 g/mol. The molecule has 110 valence electrons. The molecule has 0 radical (unpaired) electrons. The molecule has 0 aliphatic heterocycles. The first-order chi connectivity index (χ1) is 10.1. The number of aryl methyl sites for hydroxylation is 1. The number of methoxy groups -OCH3 is 1. The van der Waals surface area contributed by atoms with Crippen LogP contribution in [-0.2, 0) is 4.74 Å². The van der Waals surface area contributed by atoms with E-state index in [0.29, 0.717) is 29.3 Å². The van der Waals surface area contributed by atoms with Gasteiger partial charge in [-0.1, -0.05) is 6.07 Å². The first-order valence-electron chi connectivity index (χ1n) is 6.56. The van der Waals surface area contributed by atoms with Crippen LogP contribution in [0.2, 0.25) is 0 Å². The van der Waals surface area contributed by atoms with Crippen LogP contribution in [0.5, 0.6) is 5.75 Å². The Labute approximate surface area is 122 Å². The fourth-order valence-corrected chi connectivity index (χ4v) is 2.05. The van der Waals surface area contributed by atoms with Crippen LogP contribution in [0.3, 0.4) is 0 Å². The molecule has 2 aromatic rings. The number of esters is 1. The predicted molar refractivity (Wildman–Crippen MR) is 76.9 cm³/mol. The van der Waals surface area contributed by atoms with Crippen LogP contribution in [-0.4, -0.2) is 24.7 Å². The van der Waals surface area contributed by atoms with Gasteiger partial charge < -0.3 is 9.47 Å². The molecule has 0 atom stereocenters. The molecule has 1 aromatic heterocycles. The minimum Gasteiger partial charge on any atom is -0.496 e. The highest BCUT2D eigenvalue weighted by Gasteiger charge is 2.16. The number of benzene rings is 1. The van der Waals surface area contributed by atoms with Crippen LogP contribution in [0.1, 0.15) is 23.0 Å². The van der Waals surface area contributed by atoms with Crippen LogP contribution in [0.4, 0.5) is 4.39 Å². The molecule has 0 aliphatic rings. The van der Waals surface area contributed by atoms with E-state index >= 15 is 0 Å². The average molecular weight is 289 g/mol. The van der Waals surface area contributed by atoms with E-state index in [4.69, 9.17) is 9.47 Å². The fraction of sp³-hybridized carbons (Fsp3) is 0.250. The SMILES string of the molecule is CCOC(=O)c1ccc(-c2c(F)cccc2OC)nc1C. The maximum Gasteiger partial charge on any atom is 0.339 e. The molecular weight excluding hydrogens is 273 g/mol. The number of aromatic nitrogens is 1. The first kappa shape index (κ1) is 15.0. The molecule has 0 aliphatic carbocycles. The van der Waals surface area contributed by atoms with Crippen molar-refractivity contribution in [1.29, 1.82) is 0 Å². The van der Waals surface area contributed by atoms with Crippen LogP contribution in [0, 0.1) is 12.7 Å². The van der Waals surface area contributed by atoms with Gasteiger partial charge in [0, 0.05) is 0 Å². The maximum atomic E-state index is 14.0. The summed E-state index contributed by atoms with van der Waals surface area (Å²) in [5.41, 5.74) is 1.54. The molecule has 1 aromatic carbocycles. The van der Waals surface area contributed by atoms with Crippen molar-refractivity contribution in [2.45, 2.75) is 13.8 Å². The lowest BCUT2D eigenvalue weighted by atomic mass is 10.1. The van der Waals surface area contributed by atoms with E-state index in [1.807, 2.05) is 0 Å². The summed E-state index contributed by atoms with van der Waals surface area (Å²) < 4.78 is 24.1. The number of nitrogens with zero attached hydrogens (tertiary/aromatic N) is 1. The second-order valence-corrected chi connectivity index (χ2v) is 4.37. The summed E-state index contributed by atoms with van der Waals surface area (Å²) in [7, 11) is 1.47. The number of hydrogen-bond acceptors (Lipinski definition) is 4. The molecule has 0 amide bonds. The Balaban J connectivity index is 2.48. The lowest BCUT2D eigenvalue weighted by Gasteiger charge is -2.11. The second kappa shape index (κ2) is 6.35. The van der Waals surface area contributed by atoms with Gasteiger partial charge in [0.2, 0.25) is 0 Å². The van der Waals surface area contributed by atoms with E-state index in [1.54, 1.807) is 38.1 Å². The zero-order valence-electron chi connectivity index (χ0n) is 12.1. The van der Waals surface area contributed by atoms with Crippen LogP contribution >= 0.6 is 0 Å². The highest BCUT2D eigenvalue weighted by Crippen LogP contribution is 2.31. The van der Waals surface area contributed by atoms with Crippen LogP contribution in [0.15, 0.2) is 30.3 Å². The number of carbonyl (C=O) groups is 1. The van der Waals surface area contributed by atoms with E-state index in [2.05, 4.69) is 4.98 Å². The summed E-state index contributed by atoms with van der Waals surface area (Å²) in [6, 6.07) is 7.74. The fourth-order valence-electron chi connectivity index (χ4n) is 2.05. The van der Waals surface area contributed by atoms with E-state index < -0.39 is 11.8 Å². The lowest BCUT2D eigenvalue weighted by Crippen LogP contribution is -2.08. The topological polar surface area (TPSA) is 48.4 Å². The van der Waals surface area contributed by atoms with Gasteiger partial charge in [0.05, 0.1) is 36.2 Å². The quantitative estimate of drug-likeness (QED) is 0.810. The van der Waals surface area contributed by atoms with Crippen LogP contribution in [0.25, 0.3) is 11.3 Å². The third-order valence-electron chi connectivity index (χ3n) is 3.03. The molecule has 5 heteroatoms. The van der Waals surface area contributed by atoms with Gasteiger partial charge in [0.1, 0.15) is 11.6 Å². The van der Waals surface area contributed by atoms with Crippen molar-refractivity contribution in [3.8, 4) is 17.0 Å². The molecule has 0 unspecified atom stereocenters. The van der Waals surface area contributed by atoms with Gasteiger partial charge in [0.25, 0.3) is 0 Å². The number of hydrogen-bond donors (Lipinski definition) is 0. The number of halogens is 1. The van der Waals surface area contributed by atoms with Crippen molar-refractivity contribution in [2.24, 2.45) is 0 Å². The number of pyridine rings is 1. The Morgan fingerprint density at radius 1 is 1.29 bits per heavy atom. The van der Waals surface area contributed by atoms with Crippen molar-refractivity contribution in [1.82, 2.24) is 4.98 Å². The molecule has 0 spiro atoms. The Hall–Kier alpha value is -2.43. The standard InChI is InChI=1S/C16H16FNO3/c1-4-21-16(19)11-8-9-13(18-10(11)2)15-12(17)6-5-7-14(15)20-3/h5-9H,4H2,1-3H3. The van der Waals surface area contributed by atoms with E-state index in [1.165, 1.54) is 13.2 Å². The summed E-state index contributed by atoms with van der Waals surface area (Å²) in [6.07, 6.45) is 0. The molecule has 2 rings (SSSR count). The Morgan fingerprint density at radius 3 is 2.67 bits per heavy atom. The average Bonchev–Trinajstić information content (AvgIpc) is 2.46. The number of rotatable bonds is 4. The summed E-state index contributed by atoms with van der Waals surface area (Å²) in [5, 5.41) is 0. The van der Waals surface area contributed by atoms with E-state index in [-0.39, 0.29) is 5.56 Å². The Morgan fingerprint density at radius 2 is 2.05 bits per heavy atom. The van der Waals surface area contributed by atoms with Gasteiger partial charge in [-0.15, -0.1) is 0 Å². The van der Waals surface area contributed by atoms with Gasteiger partial charge in [-0.05, 0) is 38.1 Å². The van der Waals surface area contributed by atoms with Gasteiger partial charge in [-0.2, -0.15) is 0 Å². The van der Waals surface area contributed by atoms with E-state index in [0.717, 1.165) is 0 Å². The van der Waals surface area contributed by atoms with Gasteiger partial charge in [-0.25, -0.2) is 9.18 Å². The second-order valence-electron chi connectivity index (χ2n) is 4.37. The van der Waals surface area contributed by atoms with Crippen molar-refractivity contribution in [3.63, 3.8) is 0 Å². The van der Waals surface area contributed by atoms with Crippen molar-refractivity contribution >= 4 is 5.97 Å². The zero-order chi connectivity index (χ0) is 15.4. The minimum atomic E-state index is -0.436. The summed E-state index contributed by atoms with van der Waals surface area (Å²) in [5.74, 6) is -0.467. The minimum absolute atomic E-state index is 0.276. The molecule has 0 bridgehead atoms. The van der Waals surface area contributed by atoms with Crippen LogP contribution < -0.4 is 4.74 Å². The molecule has 0 saturated carbocycles. The zero-order valence-corrected chi connectivity index (χ0v) is 12.1. The normalized spacial score (nSPS) is 10.3. The maximum absolute atomic E-state index is 14.0. The number of carbonyl (C=O) groups excluding carboxylic acids is 1. The third kappa shape index (κ3) is 3.02. The Bertz CT molecular complexity index is 671. The molecule has 0 fully saturated rings. The van der Waals surface area contributed by atoms with Gasteiger partial charge in [0.15, 0.2) is 0 Å². The summed E-state index contributed by atoms with van der Waals surface area (Å²) in [6.45, 7) is 3.71. The number of ether oxygens (including phenoxy) is 2. The molecule has 0 N–H and O–H groups in total. The van der Waals surface area contributed by atoms with Crippen molar-refractivity contribution in [3.05, 3.63) is 47.4 Å². The summed E-state index contributed by atoms with van der Waals surface area (Å²) >= 11 is 0. The largest absolute Gasteiger partial charge is 0.496 e. The summed E-state index contributed by atoms with van der Waals surface area (Å²) in [4.78, 5) is 16.0. The van der Waals surface area contributed by atoms with Crippen molar-refractivity contribution in [2.75, 3.05) is 13.7 Å². The Kier molecular flexibility index (Phi) is 4.52. The van der Waals surface area contributed by atoms with Crippen molar-refractivity contribution < 1.29 is 18.7 Å². The lowest BCUT2D eigenvalue weighted by molar-refractivity contribution is 0.0525. The molecule has 0 saturated heterocycles. The van der Waals surface area contributed by atoms with Gasteiger partial charge in [-0.3, -0.25) is 4.98 Å². The molecule has 21 heavy (non-hydrogen) atoms.